The summed E-state index contributed by atoms with van der Waals surface area (Å²) in [5, 5.41) is 0. The summed E-state index contributed by atoms with van der Waals surface area (Å²) in [4.78, 5) is 11.3. The van der Waals surface area contributed by atoms with Crippen LogP contribution in [0.4, 0.5) is 5.69 Å². The van der Waals surface area contributed by atoms with Crippen molar-refractivity contribution in [3.8, 4) is 0 Å². The van der Waals surface area contributed by atoms with E-state index in [0.29, 0.717) is 11.3 Å². The van der Waals surface area contributed by atoms with E-state index in [9.17, 15) is 4.79 Å². The van der Waals surface area contributed by atoms with E-state index in [0.717, 1.165) is 9.13 Å². The van der Waals surface area contributed by atoms with Crippen LogP contribution in [0.25, 0.3) is 0 Å². The maximum atomic E-state index is 11.3. The topological polar surface area (TPSA) is 52.3 Å². The van der Waals surface area contributed by atoms with Gasteiger partial charge in [-0.25, -0.2) is 4.79 Å². The Morgan fingerprint density at radius 3 is 2.69 bits per heavy atom. The molecule has 0 bridgehead atoms. The van der Waals surface area contributed by atoms with Crippen molar-refractivity contribution in [2.75, 3.05) is 12.8 Å². The molecule has 0 heterocycles. The molecule has 0 aliphatic rings. The smallest absolute Gasteiger partial charge is 0.339 e. The number of carbonyl (C=O) groups is 1. The van der Waals surface area contributed by atoms with Gasteiger partial charge in [0.15, 0.2) is 0 Å². The Balaban J connectivity index is 3.33. The summed E-state index contributed by atoms with van der Waals surface area (Å²) in [5.41, 5.74) is 7.71. The molecule has 0 fully saturated rings. The molecule has 0 aromatic heterocycles. The fraction of sp³-hybridized carbons (Fsp3) is 0.222. The van der Waals surface area contributed by atoms with Crippen LogP contribution in [-0.2, 0) is 4.74 Å². The van der Waals surface area contributed by atoms with E-state index in [2.05, 4.69) is 4.74 Å². The van der Waals surface area contributed by atoms with Crippen LogP contribution in [0.5, 0.6) is 0 Å². The first-order valence-electron chi connectivity index (χ1n) is 3.70. The summed E-state index contributed by atoms with van der Waals surface area (Å²) in [6.07, 6.45) is 0. The van der Waals surface area contributed by atoms with E-state index < -0.39 is 0 Å². The third kappa shape index (κ3) is 1.93. The van der Waals surface area contributed by atoms with Crippen molar-refractivity contribution < 1.29 is 9.53 Å². The summed E-state index contributed by atoms with van der Waals surface area (Å²) in [6, 6.07) is 3.59. The van der Waals surface area contributed by atoms with Gasteiger partial charge in [-0.1, -0.05) is 6.07 Å². The molecule has 0 spiro atoms. The second kappa shape index (κ2) is 3.95. The van der Waals surface area contributed by atoms with Crippen LogP contribution in [0.3, 0.4) is 0 Å². The fourth-order valence-corrected chi connectivity index (χ4v) is 1.87. The van der Waals surface area contributed by atoms with E-state index >= 15 is 0 Å². The second-order valence-electron chi connectivity index (χ2n) is 2.65. The quantitative estimate of drug-likeness (QED) is 0.489. The van der Waals surface area contributed by atoms with Crippen LogP contribution in [0, 0.1) is 10.5 Å². The molecule has 1 rings (SSSR count). The first-order chi connectivity index (χ1) is 6.07. The molecule has 0 saturated carbocycles. The Kier molecular flexibility index (Phi) is 3.13. The molecular weight excluding hydrogens is 281 g/mol. The molecule has 0 atom stereocenters. The standard InChI is InChI=1S/C9H10INO2/c1-5-3-4-6(11)8(10)7(5)9(12)13-2/h3-4H,11H2,1-2H3. The van der Waals surface area contributed by atoms with Gasteiger partial charge in [-0.15, -0.1) is 0 Å². The Labute approximate surface area is 90.4 Å². The molecule has 4 heteroatoms. The van der Waals surface area contributed by atoms with Crippen LogP contribution in [0.15, 0.2) is 12.1 Å². The maximum Gasteiger partial charge on any atom is 0.339 e. The lowest BCUT2D eigenvalue weighted by Gasteiger charge is -2.07. The van der Waals surface area contributed by atoms with Crippen molar-refractivity contribution >= 4 is 34.2 Å². The average molecular weight is 291 g/mol. The first-order valence-corrected chi connectivity index (χ1v) is 4.78. The average Bonchev–Trinajstić information content (AvgIpc) is 2.12. The van der Waals surface area contributed by atoms with Gasteiger partial charge in [0.05, 0.1) is 16.2 Å². The number of methoxy groups -OCH3 is 1. The van der Waals surface area contributed by atoms with Gasteiger partial charge in [-0.2, -0.15) is 0 Å². The number of hydrogen-bond donors (Lipinski definition) is 1. The van der Waals surface area contributed by atoms with Crippen LogP contribution >= 0.6 is 22.6 Å². The van der Waals surface area contributed by atoms with Crippen LogP contribution in [-0.4, -0.2) is 13.1 Å². The number of hydrogen-bond acceptors (Lipinski definition) is 3. The Morgan fingerprint density at radius 2 is 2.15 bits per heavy atom. The predicted molar refractivity (Wildman–Crippen MR) is 59.6 cm³/mol. The highest BCUT2D eigenvalue weighted by atomic mass is 127. The number of carbonyl (C=O) groups excluding carboxylic acids is 1. The van der Waals surface area contributed by atoms with Gasteiger partial charge in [0.25, 0.3) is 0 Å². The molecule has 0 unspecified atom stereocenters. The first kappa shape index (κ1) is 10.3. The van der Waals surface area contributed by atoms with Crippen molar-refractivity contribution in [3.63, 3.8) is 0 Å². The van der Waals surface area contributed by atoms with Crippen molar-refractivity contribution in [2.24, 2.45) is 0 Å². The lowest BCUT2D eigenvalue weighted by molar-refractivity contribution is 0.0599. The van der Waals surface area contributed by atoms with E-state index in [1.807, 2.05) is 35.6 Å². The molecule has 1 aromatic rings. The van der Waals surface area contributed by atoms with Gasteiger partial charge < -0.3 is 10.5 Å². The number of nitrogen functional groups attached to an aromatic ring is 1. The Morgan fingerprint density at radius 1 is 1.54 bits per heavy atom. The third-order valence-electron chi connectivity index (χ3n) is 1.77. The molecule has 0 aliphatic heterocycles. The molecule has 0 aliphatic carbocycles. The lowest BCUT2D eigenvalue weighted by atomic mass is 10.1. The molecule has 0 amide bonds. The number of rotatable bonds is 1. The molecule has 70 valence electrons. The van der Waals surface area contributed by atoms with Crippen LogP contribution < -0.4 is 5.73 Å². The zero-order valence-corrected chi connectivity index (χ0v) is 9.58. The SMILES string of the molecule is COC(=O)c1c(C)ccc(N)c1I. The second-order valence-corrected chi connectivity index (χ2v) is 3.73. The van der Waals surface area contributed by atoms with Crippen molar-refractivity contribution in [1.29, 1.82) is 0 Å². The van der Waals surface area contributed by atoms with Crippen molar-refractivity contribution in [2.45, 2.75) is 6.92 Å². The van der Waals surface area contributed by atoms with Crippen LogP contribution in [0.1, 0.15) is 15.9 Å². The van der Waals surface area contributed by atoms with Gasteiger partial charge in [0, 0.05) is 5.69 Å². The minimum absolute atomic E-state index is 0.339. The minimum Gasteiger partial charge on any atom is -0.465 e. The number of ether oxygens (including phenoxy) is 1. The van der Waals surface area contributed by atoms with Gasteiger partial charge in [-0.3, -0.25) is 0 Å². The predicted octanol–water partition coefficient (Wildman–Crippen LogP) is 1.97. The zero-order valence-electron chi connectivity index (χ0n) is 7.43. The molecule has 13 heavy (non-hydrogen) atoms. The number of benzene rings is 1. The van der Waals surface area contributed by atoms with Crippen molar-refractivity contribution in [3.05, 3.63) is 26.8 Å². The van der Waals surface area contributed by atoms with Gasteiger partial charge in [0.1, 0.15) is 0 Å². The van der Waals surface area contributed by atoms with E-state index in [-0.39, 0.29) is 5.97 Å². The van der Waals surface area contributed by atoms with Gasteiger partial charge >= 0.3 is 5.97 Å². The lowest BCUT2D eigenvalue weighted by Crippen LogP contribution is -2.08. The van der Waals surface area contributed by atoms with Crippen molar-refractivity contribution in [1.82, 2.24) is 0 Å². The van der Waals surface area contributed by atoms with Gasteiger partial charge in [0.2, 0.25) is 0 Å². The number of anilines is 1. The van der Waals surface area contributed by atoms with Crippen LogP contribution in [0.2, 0.25) is 0 Å². The summed E-state index contributed by atoms with van der Waals surface area (Å²) in [7, 11) is 1.36. The van der Waals surface area contributed by atoms with E-state index in [1.54, 1.807) is 6.07 Å². The third-order valence-corrected chi connectivity index (χ3v) is 2.93. The summed E-state index contributed by atoms with van der Waals surface area (Å²) in [5.74, 6) is -0.339. The van der Waals surface area contributed by atoms with E-state index in [4.69, 9.17) is 5.73 Å². The monoisotopic (exact) mass is 291 g/mol. The molecule has 0 radical (unpaired) electrons. The van der Waals surface area contributed by atoms with E-state index in [1.165, 1.54) is 7.11 Å². The molecule has 1 aromatic carbocycles. The fourth-order valence-electron chi connectivity index (χ4n) is 1.04. The van der Waals surface area contributed by atoms with Gasteiger partial charge in [-0.05, 0) is 41.1 Å². The number of halogens is 1. The molecule has 2 N–H and O–H groups in total. The number of esters is 1. The molecule has 3 nitrogen and oxygen atoms in total. The highest BCUT2D eigenvalue weighted by molar-refractivity contribution is 14.1. The molecule has 0 saturated heterocycles. The summed E-state index contributed by atoms with van der Waals surface area (Å²) in [6.45, 7) is 1.86. The number of aryl methyl sites for hydroxylation is 1. The molecular formula is C9H10INO2. The Hall–Kier alpha value is -0.780. The maximum absolute atomic E-state index is 11.3. The number of nitrogens with two attached hydrogens (primary N) is 1. The highest BCUT2D eigenvalue weighted by Crippen LogP contribution is 2.23. The Bertz CT molecular complexity index is 350. The normalized spacial score (nSPS) is 9.77. The summed E-state index contributed by atoms with van der Waals surface area (Å²) >= 11 is 2.04. The zero-order chi connectivity index (χ0) is 10.0. The largest absolute Gasteiger partial charge is 0.465 e. The minimum atomic E-state index is -0.339. The highest BCUT2D eigenvalue weighted by Gasteiger charge is 2.14. The summed E-state index contributed by atoms with van der Waals surface area (Å²) < 4.78 is 5.41.